The smallest absolute Gasteiger partial charge is 0.240 e. The molecule has 2 aromatic rings. The van der Waals surface area contributed by atoms with Gasteiger partial charge in [-0.05, 0) is 6.07 Å². The molecule has 8 heteroatoms. The summed E-state index contributed by atoms with van der Waals surface area (Å²) in [5.41, 5.74) is 0. The van der Waals surface area contributed by atoms with Crippen LogP contribution in [0.4, 0.5) is 11.1 Å². The zero-order valence-corrected chi connectivity index (χ0v) is 12.3. The van der Waals surface area contributed by atoms with Crippen LogP contribution in [-0.4, -0.2) is 58.5 Å². The highest BCUT2D eigenvalue weighted by molar-refractivity contribution is 7.13. The minimum Gasteiger partial charge on any atom is -0.338 e. The molecule has 7 nitrogen and oxygen atoms in total. The second-order valence-corrected chi connectivity index (χ2v) is 5.59. The molecule has 0 unspecified atom stereocenters. The first-order valence-electron chi connectivity index (χ1n) is 6.75. The maximum absolute atomic E-state index is 11.9. The van der Waals surface area contributed by atoms with E-state index in [0.29, 0.717) is 11.7 Å². The summed E-state index contributed by atoms with van der Waals surface area (Å²) in [5, 5.41) is 5.29. The number of hydrogen-bond acceptors (Lipinski definition) is 7. The normalized spacial score (nSPS) is 15.9. The van der Waals surface area contributed by atoms with Gasteiger partial charge in [-0.2, -0.15) is 0 Å². The van der Waals surface area contributed by atoms with E-state index in [1.807, 2.05) is 11.4 Å². The van der Waals surface area contributed by atoms with Gasteiger partial charge < -0.3 is 10.2 Å². The first-order valence-corrected chi connectivity index (χ1v) is 7.63. The molecule has 21 heavy (non-hydrogen) atoms. The van der Waals surface area contributed by atoms with Crippen molar-refractivity contribution in [2.45, 2.75) is 0 Å². The lowest BCUT2D eigenvalue weighted by Crippen LogP contribution is -2.49. The van der Waals surface area contributed by atoms with Gasteiger partial charge in [-0.25, -0.2) is 15.0 Å². The topological polar surface area (TPSA) is 74.2 Å². The highest BCUT2D eigenvalue weighted by Gasteiger charge is 2.20. The van der Waals surface area contributed by atoms with E-state index >= 15 is 0 Å². The highest BCUT2D eigenvalue weighted by atomic mass is 32.1. The van der Waals surface area contributed by atoms with Crippen molar-refractivity contribution in [2.75, 3.05) is 42.9 Å². The lowest BCUT2D eigenvalue weighted by molar-refractivity contribution is -0.117. The first kappa shape index (κ1) is 13.9. The van der Waals surface area contributed by atoms with Crippen LogP contribution >= 0.6 is 11.3 Å². The van der Waals surface area contributed by atoms with E-state index in [4.69, 9.17) is 0 Å². The number of piperazine rings is 1. The van der Waals surface area contributed by atoms with Gasteiger partial charge in [-0.3, -0.25) is 9.69 Å². The molecule has 0 spiro atoms. The SMILES string of the molecule is O=C(CN1CCN(c2ncccn2)CC1)Nc1nccs1. The Morgan fingerprint density at radius 1 is 1.14 bits per heavy atom. The Bertz CT molecular complexity index is 568. The van der Waals surface area contributed by atoms with E-state index in [-0.39, 0.29) is 5.91 Å². The van der Waals surface area contributed by atoms with Gasteiger partial charge >= 0.3 is 0 Å². The minimum absolute atomic E-state index is 0.0191. The number of anilines is 2. The van der Waals surface area contributed by atoms with Crippen molar-refractivity contribution >= 4 is 28.3 Å². The van der Waals surface area contributed by atoms with Crippen molar-refractivity contribution in [1.29, 1.82) is 0 Å². The van der Waals surface area contributed by atoms with Crippen LogP contribution in [0, 0.1) is 0 Å². The molecule has 3 rings (SSSR count). The maximum Gasteiger partial charge on any atom is 0.240 e. The molecule has 1 amide bonds. The molecule has 0 radical (unpaired) electrons. The first-order chi connectivity index (χ1) is 10.3. The summed E-state index contributed by atoms with van der Waals surface area (Å²) in [5.74, 6) is 0.735. The van der Waals surface area contributed by atoms with E-state index in [1.54, 1.807) is 18.6 Å². The average Bonchev–Trinajstić information content (AvgIpc) is 3.02. The largest absolute Gasteiger partial charge is 0.338 e. The number of rotatable bonds is 4. The van der Waals surface area contributed by atoms with Crippen molar-refractivity contribution in [3.63, 3.8) is 0 Å². The van der Waals surface area contributed by atoms with Crippen LogP contribution in [0.15, 0.2) is 30.0 Å². The van der Waals surface area contributed by atoms with Gasteiger partial charge in [0.05, 0.1) is 6.54 Å². The lowest BCUT2D eigenvalue weighted by atomic mass is 10.3. The third-order valence-electron chi connectivity index (χ3n) is 3.25. The van der Waals surface area contributed by atoms with Gasteiger partial charge in [-0.1, -0.05) is 0 Å². The zero-order valence-electron chi connectivity index (χ0n) is 11.5. The molecule has 1 fully saturated rings. The van der Waals surface area contributed by atoms with Crippen LogP contribution in [0.3, 0.4) is 0 Å². The lowest BCUT2D eigenvalue weighted by Gasteiger charge is -2.34. The quantitative estimate of drug-likeness (QED) is 0.896. The summed E-state index contributed by atoms with van der Waals surface area (Å²) in [7, 11) is 0. The van der Waals surface area contributed by atoms with Crippen LogP contribution in [0.2, 0.25) is 0 Å². The number of carbonyl (C=O) groups excluding carboxylic acids is 1. The Morgan fingerprint density at radius 2 is 1.90 bits per heavy atom. The minimum atomic E-state index is -0.0191. The molecule has 3 heterocycles. The van der Waals surface area contributed by atoms with E-state index in [0.717, 1.165) is 32.1 Å². The predicted octanol–water partition coefficient (Wildman–Crippen LogP) is 0.694. The molecule has 1 aliphatic heterocycles. The fourth-order valence-electron chi connectivity index (χ4n) is 2.21. The Kier molecular flexibility index (Phi) is 4.37. The zero-order chi connectivity index (χ0) is 14.5. The van der Waals surface area contributed by atoms with E-state index in [2.05, 4.69) is 30.1 Å². The summed E-state index contributed by atoms with van der Waals surface area (Å²) in [4.78, 5) is 28.7. The van der Waals surface area contributed by atoms with Crippen LogP contribution in [0.25, 0.3) is 0 Å². The van der Waals surface area contributed by atoms with Crippen molar-refractivity contribution in [2.24, 2.45) is 0 Å². The molecular weight excluding hydrogens is 288 g/mol. The number of nitrogens with one attached hydrogen (secondary N) is 1. The van der Waals surface area contributed by atoms with Crippen LogP contribution in [0.5, 0.6) is 0 Å². The van der Waals surface area contributed by atoms with Crippen LogP contribution in [-0.2, 0) is 4.79 Å². The number of aromatic nitrogens is 3. The fraction of sp³-hybridized carbons (Fsp3) is 0.385. The van der Waals surface area contributed by atoms with Gasteiger partial charge in [0, 0.05) is 50.1 Å². The van der Waals surface area contributed by atoms with Gasteiger partial charge in [0.2, 0.25) is 11.9 Å². The van der Waals surface area contributed by atoms with E-state index in [9.17, 15) is 4.79 Å². The van der Waals surface area contributed by atoms with Gasteiger partial charge in [0.25, 0.3) is 0 Å². The summed E-state index contributed by atoms with van der Waals surface area (Å²) in [6, 6.07) is 1.81. The number of amides is 1. The molecule has 1 aliphatic rings. The Labute approximate surface area is 126 Å². The van der Waals surface area contributed by atoms with Gasteiger partial charge in [0.1, 0.15) is 0 Å². The molecule has 0 aromatic carbocycles. The predicted molar refractivity (Wildman–Crippen MR) is 81.4 cm³/mol. The van der Waals surface area contributed by atoms with Gasteiger partial charge in [0.15, 0.2) is 5.13 Å². The third kappa shape index (κ3) is 3.73. The van der Waals surface area contributed by atoms with E-state index in [1.165, 1.54) is 11.3 Å². The number of thiazole rings is 1. The molecule has 1 saturated heterocycles. The summed E-state index contributed by atoms with van der Waals surface area (Å²) in [6.07, 6.45) is 5.17. The number of hydrogen-bond donors (Lipinski definition) is 1. The summed E-state index contributed by atoms with van der Waals surface area (Å²) >= 11 is 1.42. The molecule has 110 valence electrons. The summed E-state index contributed by atoms with van der Waals surface area (Å²) in [6.45, 7) is 3.69. The van der Waals surface area contributed by atoms with Crippen LogP contribution in [0.1, 0.15) is 0 Å². The molecule has 0 saturated carbocycles. The maximum atomic E-state index is 11.9. The van der Waals surface area contributed by atoms with Crippen LogP contribution < -0.4 is 10.2 Å². The van der Waals surface area contributed by atoms with Gasteiger partial charge in [-0.15, -0.1) is 11.3 Å². The Hall–Kier alpha value is -2.06. The van der Waals surface area contributed by atoms with Crippen molar-refractivity contribution < 1.29 is 4.79 Å². The second-order valence-electron chi connectivity index (χ2n) is 4.70. The fourth-order valence-corrected chi connectivity index (χ4v) is 2.75. The van der Waals surface area contributed by atoms with Crippen molar-refractivity contribution in [3.05, 3.63) is 30.0 Å². The number of carbonyl (C=O) groups is 1. The molecule has 0 aliphatic carbocycles. The standard InChI is InChI=1S/C13H16N6OS/c20-11(17-13-16-4-9-21-13)10-18-5-7-19(8-6-18)12-14-2-1-3-15-12/h1-4,9H,5-8,10H2,(H,16,17,20). The number of nitrogens with zero attached hydrogens (tertiary/aromatic N) is 5. The molecule has 0 bridgehead atoms. The molecule has 1 N–H and O–H groups in total. The molecule has 0 atom stereocenters. The highest BCUT2D eigenvalue weighted by Crippen LogP contribution is 2.11. The average molecular weight is 304 g/mol. The monoisotopic (exact) mass is 304 g/mol. The van der Waals surface area contributed by atoms with E-state index < -0.39 is 0 Å². The van der Waals surface area contributed by atoms with Crippen molar-refractivity contribution in [1.82, 2.24) is 19.9 Å². The van der Waals surface area contributed by atoms with Crippen molar-refractivity contribution in [3.8, 4) is 0 Å². The molecular formula is C13H16N6OS. The summed E-state index contributed by atoms with van der Waals surface area (Å²) < 4.78 is 0. The second kappa shape index (κ2) is 6.59. The molecule has 2 aromatic heterocycles. The third-order valence-corrected chi connectivity index (χ3v) is 3.94. The Morgan fingerprint density at radius 3 is 2.57 bits per heavy atom. The Balaban J connectivity index is 1.46.